The molecule has 1 unspecified atom stereocenters. The van der Waals surface area contributed by atoms with Crippen LogP contribution in [0.5, 0.6) is 6.01 Å². The molecule has 3 heterocycles. The first kappa shape index (κ1) is 27.3. The summed E-state index contributed by atoms with van der Waals surface area (Å²) in [4.78, 5) is 13.2. The lowest BCUT2D eigenvalue weighted by atomic mass is 10.0. The van der Waals surface area contributed by atoms with Crippen LogP contribution in [0.25, 0.3) is 0 Å². The van der Waals surface area contributed by atoms with Crippen molar-refractivity contribution >= 4 is 23.0 Å². The molecule has 2 N–H and O–H groups in total. The lowest BCUT2D eigenvalue weighted by Crippen LogP contribution is -2.37. The summed E-state index contributed by atoms with van der Waals surface area (Å²) in [6.07, 6.45) is 1.97. The summed E-state index contributed by atoms with van der Waals surface area (Å²) in [5.74, 6) is 0.628. The van der Waals surface area contributed by atoms with Gasteiger partial charge in [0.05, 0.1) is 11.3 Å². The van der Waals surface area contributed by atoms with E-state index in [4.69, 9.17) is 20.1 Å². The number of ether oxygens (including phenoxy) is 1. The number of fused-ring (bicyclic) bond motifs is 2. The summed E-state index contributed by atoms with van der Waals surface area (Å²) in [6, 6.07) is 6.60. The number of aryl methyl sites for hydroxylation is 1. The Kier molecular flexibility index (Phi) is 7.73. The number of nitrogens with one attached hydrogen (secondary N) is 2. The van der Waals surface area contributed by atoms with Gasteiger partial charge >= 0.3 is 12.2 Å². The third-order valence-corrected chi connectivity index (χ3v) is 7.88. The van der Waals surface area contributed by atoms with Crippen LogP contribution in [-0.2, 0) is 19.3 Å². The van der Waals surface area contributed by atoms with Crippen molar-refractivity contribution in [3.05, 3.63) is 46.7 Å². The standard InChI is InChI=1S/C29H37F3N6O/c1-4-6-23(29(30,31)32)26(33)38-15-12-22-24(13-16-38)35-28(39-18(2)19-8-9-19)36-27(22)34-21-11-10-20-7-5-14-37(3)25(20)17-21/h6,10-11,17-19,33H,4-5,7-9,12-16H2,1-3H3,(H,34,35,36)/b23-6+,33-26?. The van der Waals surface area contributed by atoms with Gasteiger partial charge < -0.3 is 19.9 Å². The number of halogens is 3. The molecule has 1 aromatic heterocycles. The maximum absolute atomic E-state index is 13.7. The van der Waals surface area contributed by atoms with Crippen LogP contribution in [0.4, 0.5) is 30.4 Å². The van der Waals surface area contributed by atoms with Gasteiger partial charge in [0.15, 0.2) is 0 Å². The highest BCUT2D eigenvalue weighted by atomic mass is 19.4. The zero-order valence-electron chi connectivity index (χ0n) is 22.9. The Balaban J connectivity index is 1.44. The van der Waals surface area contributed by atoms with Crippen molar-refractivity contribution in [3.63, 3.8) is 0 Å². The highest BCUT2D eigenvalue weighted by Crippen LogP contribution is 2.36. The smallest absolute Gasteiger partial charge is 0.419 e. The van der Waals surface area contributed by atoms with Gasteiger partial charge in [-0.2, -0.15) is 23.1 Å². The molecule has 0 bridgehead atoms. The topological polar surface area (TPSA) is 77.4 Å². The van der Waals surface area contributed by atoms with E-state index in [0.29, 0.717) is 24.6 Å². The molecule has 39 heavy (non-hydrogen) atoms. The van der Waals surface area contributed by atoms with Crippen LogP contribution in [0.3, 0.4) is 0 Å². The third-order valence-electron chi connectivity index (χ3n) is 7.88. The number of amidine groups is 1. The number of anilines is 3. The first-order valence-corrected chi connectivity index (χ1v) is 13.9. The molecule has 2 aliphatic heterocycles. The van der Waals surface area contributed by atoms with Crippen molar-refractivity contribution in [2.75, 3.05) is 36.9 Å². The molecule has 1 atom stereocenters. The van der Waals surface area contributed by atoms with Crippen molar-refractivity contribution in [2.24, 2.45) is 5.92 Å². The van der Waals surface area contributed by atoms with E-state index in [0.717, 1.165) is 55.2 Å². The quantitative estimate of drug-likeness (QED) is 0.327. The number of aromatic nitrogens is 2. The molecule has 210 valence electrons. The van der Waals surface area contributed by atoms with E-state index in [1.807, 2.05) is 13.0 Å². The first-order chi connectivity index (χ1) is 18.6. The van der Waals surface area contributed by atoms with E-state index < -0.39 is 17.6 Å². The fraction of sp³-hybridized carbons (Fsp3) is 0.552. The summed E-state index contributed by atoms with van der Waals surface area (Å²) >= 11 is 0. The molecule has 2 aromatic rings. The van der Waals surface area contributed by atoms with Gasteiger partial charge in [0.25, 0.3) is 0 Å². The molecule has 0 radical (unpaired) electrons. The Hall–Kier alpha value is -3.30. The molecule has 5 rings (SSSR count). The molecule has 10 heteroatoms. The minimum Gasteiger partial charge on any atom is -0.460 e. The van der Waals surface area contributed by atoms with Gasteiger partial charge in [-0.1, -0.05) is 19.1 Å². The second kappa shape index (κ2) is 11.1. The van der Waals surface area contributed by atoms with Crippen molar-refractivity contribution < 1.29 is 17.9 Å². The van der Waals surface area contributed by atoms with E-state index in [2.05, 4.69) is 29.4 Å². The van der Waals surface area contributed by atoms with Crippen LogP contribution >= 0.6 is 0 Å². The Morgan fingerprint density at radius 1 is 1.18 bits per heavy atom. The summed E-state index contributed by atoms with van der Waals surface area (Å²) in [5.41, 5.74) is 4.12. The molecule has 7 nitrogen and oxygen atoms in total. The maximum Gasteiger partial charge on any atom is 0.419 e. The molecule has 0 spiro atoms. The fourth-order valence-electron chi connectivity index (χ4n) is 5.48. The molecular weight excluding hydrogens is 505 g/mol. The van der Waals surface area contributed by atoms with Gasteiger partial charge in [-0.15, -0.1) is 0 Å². The SMILES string of the molecule is CC/C=C(\C(=N)N1CCc2nc(OC(C)C3CC3)nc(Nc3ccc4c(c3)N(C)CCC4)c2CC1)C(F)(F)F. The number of alkyl halides is 3. The lowest BCUT2D eigenvalue weighted by Gasteiger charge is -2.28. The molecule has 1 saturated carbocycles. The van der Waals surface area contributed by atoms with Crippen molar-refractivity contribution in [2.45, 2.75) is 71.1 Å². The number of nitrogens with zero attached hydrogens (tertiary/aromatic N) is 4. The Labute approximate surface area is 228 Å². The zero-order chi connectivity index (χ0) is 27.7. The average Bonchev–Trinajstić information content (AvgIpc) is 3.74. The van der Waals surface area contributed by atoms with Crippen molar-refractivity contribution in [3.8, 4) is 6.01 Å². The fourth-order valence-corrected chi connectivity index (χ4v) is 5.48. The Morgan fingerprint density at radius 3 is 2.67 bits per heavy atom. The Bertz CT molecular complexity index is 1260. The average molecular weight is 543 g/mol. The normalized spacial score (nSPS) is 18.7. The van der Waals surface area contributed by atoms with Crippen LogP contribution in [-0.4, -0.2) is 59.7 Å². The molecular formula is C29H37F3N6O. The molecule has 3 aliphatic rings. The van der Waals surface area contributed by atoms with Crippen LogP contribution in [0, 0.1) is 11.3 Å². The lowest BCUT2D eigenvalue weighted by molar-refractivity contribution is -0.0872. The molecule has 1 aliphatic carbocycles. The number of hydrogen-bond acceptors (Lipinski definition) is 6. The van der Waals surface area contributed by atoms with E-state index in [1.165, 1.54) is 16.2 Å². The first-order valence-electron chi connectivity index (χ1n) is 13.9. The second-order valence-corrected chi connectivity index (χ2v) is 10.8. The van der Waals surface area contributed by atoms with Crippen LogP contribution in [0.1, 0.15) is 56.4 Å². The number of hydrogen-bond donors (Lipinski definition) is 2. The van der Waals surface area contributed by atoms with Gasteiger partial charge in [-0.25, -0.2) is 0 Å². The van der Waals surface area contributed by atoms with E-state index in [-0.39, 0.29) is 31.6 Å². The molecule has 0 saturated heterocycles. The zero-order valence-corrected chi connectivity index (χ0v) is 22.9. The maximum atomic E-state index is 13.7. The largest absolute Gasteiger partial charge is 0.460 e. The monoisotopic (exact) mass is 542 g/mol. The van der Waals surface area contributed by atoms with Crippen molar-refractivity contribution in [1.82, 2.24) is 14.9 Å². The number of benzene rings is 1. The van der Waals surface area contributed by atoms with Crippen molar-refractivity contribution in [1.29, 1.82) is 5.41 Å². The van der Waals surface area contributed by atoms with Gasteiger partial charge in [0.1, 0.15) is 17.8 Å². The molecule has 1 fully saturated rings. The molecule has 1 aromatic carbocycles. The summed E-state index contributed by atoms with van der Waals surface area (Å²) in [5, 5.41) is 11.9. The van der Waals surface area contributed by atoms with E-state index in [1.54, 1.807) is 6.92 Å². The summed E-state index contributed by atoms with van der Waals surface area (Å²) in [6.45, 7) is 5.21. The Morgan fingerprint density at radius 2 is 1.95 bits per heavy atom. The minimum atomic E-state index is -4.57. The van der Waals surface area contributed by atoms with Gasteiger partial charge in [-0.3, -0.25) is 5.41 Å². The number of allylic oxidation sites excluding steroid dienone is 1. The summed E-state index contributed by atoms with van der Waals surface area (Å²) < 4.78 is 47.2. The van der Waals surface area contributed by atoms with E-state index >= 15 is 0 Å². The predicted octanol–water partition coefficient (Wildman–Crippen LogP) is 6.06. The van der Waals surface area contributed by atoms with E-state index in [9.17, 15) is 13.2 Å². The minimum absolute atomic E-state index is 0.00252. The highest BCUT2D eigenvalue weighted by molar-refractivity contribution is 5.97. The van der Waals surface area contributed by atoms with Crippen LogP contribution in [0.2, 0.25) is 0 Å². The van der Waals surface area contributed by atoms with Gasteiger partial charge in [-0.05, 0) is 69.1 Å². The summed E-state index contributed by atoms with van der Waals surface area (Å²) in [7, 11) is 2.09. The van der Waals surface area contributed by atoms with Crippen LogP contribution < -0.4 is 15.0 Å². The highest BCUT2D eigenvalue weighted by Gasteiger charge is 2.38. The third kappa shape index (κ3) is 6.15. The molecule has 0 amide bonds. The van der Waals surface area contributed by atoms with Crippen LogP contribution in [0.15, 0.2) is 29.8 Å². The number of rotatable bonds is 7. The predicted molar refractivity (Wildman–Crippen MR) is 147 cm³/mol. The second-order valence-electron chi connectivity index (χ2n) is 10.8. The van der Waals surface area contributed by atoms with Gasteiger partial charge in [0, 0.05) is 50.0 Å². The van der Waals surface area contributed by atoms with Gasteiger partial charge in [0.2, 0.25) is 0 Å².